The lowest BCUT2D eigenvalue weighted by molar-refractivity contribution is -0.129. The van der Waals surface area contributed by atoms with Crippen molar-refractivity contribution < 1.29 is 23.1 Å². The molecular formula is C21H21F2N5O3S. The SMILES string of the molecule is CNC(=O)C(NC(=O)CCn1c(-c2ccc(OC)cc2)n[nH]c1=S)c1ccc(F)c(F)c1. The number of hydrogen-bond acceptors (Lipinski definition) is 5. The van der Waals surface area contributed by atoms with E-state index >= 15 is 0 Å². The first-order valence-corrected chi connectivity index (χ1v) is 10.0. The van der Waals surface area contributed by atoms with Gasteiger partial charge in [0.25, 0.3) is 0 Å². The molecule has 3 aromatic rings. The summed E-state index contributed by atoms with van der Waals surface area (Å²) >= 11 is 5.27. The van der Waals surface area contributed by atoms with E-state index in [4.69, 9.17) is 17.0 Å². The molecule has 11 heteroatoms. The van der Waals surface area contributed by atoms with Gasteiger partial charge in [-0.2, -0.15) is 5.10 Å². The number of rotatable bonds is 8. The number of H-pyrrole nitrogens is 1. The van der Waals surface area contributed by atoms with Crippen LogP contribution in [-0.4, -0.2) is 40.7 Å². The van der Waals surface area contributed by atoms with Crippen molar-refractivity contribution in [2.75, 3.05) is 14.2 Å². The van der Waals surface area contributed by atoms with Crippen molar-refractivity contribution in [2.24, 2.45) is 0 Å². The summed E-state index contributed by atoms with van der Waals surface area (Å²) in [7, 11) is 2.95. The molecule has 0 saturated heterocycles. The summed E-state index contributed by atoms with van der Waals surface area (Å²) in [5.41, 5.74) is 0.888. The standard InChI is InChI=1S/C21H21F2N5O3S/c1-24-20(30)18(13-5-8-15(22)16(23)11-13)25-17(29)9-10-28-19(26-27-21(28)32)12-3-6-14(31-2)7-4-12/h3-8,11,18H,9-10H2,1-2H3,(H,24,30)(H,25,29)(H,27,32). The van der Waals surface area contributed by atoms with E-state index in [0.29, 0.717) is 16.3 Å². The molecule has 0 bridgehead atoms. The lowest BCUT2D eigenvalue weighted by Gasteiger charge is -2.18. The number of carbonyl (C=O) groups is 2. The zero-order valence-electron chi connectivity index (χ0n) is 17.3. The third-order valence-electron chi connectivity index (χ3n) is 4.76. The Morgan fingerprint density at radius 3 is 2.53 bits per heavy atom. The number of aromatic amines is 1. The average molecular weight is 461 g/mol. The summed E-state index contributed by atoms with van der Waals surface area (Å²) in [5.74, 6) is -1.98. The molecule has 0 radical (unpaired) electrons. The summed E-state index contributed by atoms with van der Waals surface area (Å²) in [6.45, 7) is 0.181. The summed E-state index contributed by atoms with van der Waals surface area (Å²) in [6.07, 6.45) is -0.0336. The number of halogens is 2. The fourth-order valence-corrected chi connectivity index (χ4v) is 3.29. The Balaban J connectivity index is 1.74. The zero-order valence-corrected chi connectivity index (χ0v) is 18.1. The molecule has 168 valence electrons. The van der Waals surface area contributed by atoms with Gasteiger partial charge < -0.3 is 15.4 Å². The molecule has 2 amide bonds. The summed E-state index contributed by atoms with van der Waals surface area (Å²) in [4.78, 5) is 24.8. The summed E-state index contributed by atoms with van der Waals surface area (Å²) in [5, 5.41) is 11.9. The van der Waals surface area contributed by atoms with Crippen LogP contribution in [0.5, 0.6) is 5.75 Å². The predicted molar refractivity (Wildman–Crippen MR) is 115 cm³/mol. The molecule has 1 unspecified atom stereocenters. The summed E-state index contributed by atoms with van der Waals surface area (Å²) in [6, 6.07) is 9.02. The third kappa shape index (κ3) is 5.17. The topological polar surface area (TPSA) is 101 Å². The minimum atomic E-state index is -1.18. The highest BCUT2D eigenvalue weighted by Gasteiger charge is 2.23. The Labute approximate surface area is 187 Å². The minimum absolute atomic E-state index is 0.0336. The molecular weight excluding hydrogens is 440 g/mol. The largest absolute Gasteiger partial charge is 0.497 e. The molecule has 0 aliphatic rings. The van der Waals surface area contributed by atoms with Crippen LogP contribution in [0.3, 0.4) is 0 Å². The number of benzene rings is 2. The molecule has 1 heterocycles. The van der Waals surface area contributed by atoms with Gasteiger partial charge in [0.15, 0.2) is 22.2 Å². The van der Waals surface area contributed by atoms with Crippen molar-refractivity contribution in [1.29, 1.82) is 0 Å². The Morgan fingerprint density at radius 1 is 1.19 bits per heavy atom. The third-order valence-corrected chi connectivity index (χ3v) is 5.07. The molecule has 32 heavy (non-hydrogen) atoms. The molecule has 0 spiro atoms. The van der Waals surface area contributed by atoms with Crippen LogP contribution < -0.4 is 15.4 Å². The van der Waals surface area contributed by atoms with Crippen molar-refractivity contribution in [3.05, 3.63) is 64.4 Å². The molecule has 3 rings (SSSR count). The second-order valence-corrected chi connectivity index (χ2v) is 7.16. The van der Waals surface area contributed by atoms with Gasteiger partial charge in [-0.1, -0.05) is 6.07 Å². The maximum absolute atomic E-state index is 13.6. The van der Waals surface area contributed by atoms with Gasteiger partial charge in [-0.25, -0.2) is 8.78 Å². The first kappa shape index (κ1) is 23.1. The molecule has 8 nitrogen and oxygen atoms in total. The molecule has 1 aromatic heterocycles. The van der Waals surface area contributed by atoms with Crippen LogP contribution in [-0.2, 0) is 16.1 Å². The van der Waals surface area contributed by atoms with Gasteiger partial charge in [0.1, 0.15) is 11.8 Å². The molecule has 3 N–H and O–H groups in total. The van der Waals surface area contributed by atoms with Crippen LogP contribution in [0.25, 0.3) is 11.4 Å². The fourth-order valence-electron chi connectivity index (χ4n) is 3.07. The van der Waals surface area contributed by atoms with E-state index in [1.165, 1.54) is 13.1 Å². The van der Waals surface area contributed by atoms with E-state index in [1.807, 2.05) is 12.1 Å². The van der Waals surface area contributed by atoms with E-state index in [0.717, 1.165) is 17.7 Å². The van der Waals surface area contributed by atoms with E-state index in [2.05, 4.69) is 20.8 Å². The van der Waals surface area contributed by atoms with Crippen LogP contribution in [0.1, 0.15) is 18.0 Å². The average Bonchev–Trinajstić information content (AvgIpc) is 3.17. The normalized spacial score (nSPS) is 11.6. The predicted octanol–water partition coefficient (Wildman–Crippen LogP) is 2.89. The van der Waals surface area contributed by atoms with Crippen molar-refractivity contribution in [1.82, 2.24) is 25.4 Å². The summed E-state index contributed by atoms with van der Waals surface area (Å²) < 4.78 is 34.0. The van der Waals surface area contributed by atoms with E-state index in [-0.39, 0.29) is 18.5 Å². The van der Waals surface area contributed by atoms with Gasteiger partial charge >= 0.3 is 0 Å². The number of amides is 2. The lowest BCUT2D eigenvalue weighted by Crippen LogP contribution is -2.39. The van der Waals surface area contributed by atoms with E-state index in [1.54, 1.807) is 23.8 Å². The van der Waals surface area contributed by atoms with Crippen molar-refractivity contribution in [2.45, 2.75) is 19.0 Å². The number of nitrogens with zero attached hydrogens (tertiary/aromatic N) is 2. The van der Waals surface area contributed by atoms with Gasteiger partial charge in [0.05, 0.1) is 7.11 Å². The molecule has 0 aliphatic carbocycles. The van der Waals surface area contributed by atoms with Crippen molar-refractivity contribution in [3.63, 3.8) is 0 Å². The number of carbonyl (C=O) groups excluding carboxylic acids is 2. The Bertz CT molecular complexity index is 1180. The zero-order chi connectivity index (χ0) is 23.3. The number of ether oxygens (including phenoxy) is 1. The number of methoxy groups -OCH3 is 1. The second-order valence-electron chi connectivity index (χ2n) is 6.77. The van der Waals surface area contributed by atoms with Crippen molar-refractivity contribution in [3.8, 4) is 17.1 Å². The Hall–Kier alpha value is -3.60. The highest BCUT2D eigenvalue weighted by Crippen LogP contribution is 2.21. The van der Waals surface area contributed by atoms with Crippen LogP contribution in [0.2, 0.25) is 0 Å². The Kier molecular flexibility index (Phi) is 7.31. The first-order chi connectivity index (χ1) is 15.3. The molecule has 0 aliphatic heterocycles. The first-order valence-electron chi connectivity index (χ1n) is 9.59. The maximum Gasteiger partial charge on any atom is 0.246 e. The van der Waals surface area contributed by atoms with Gasteiger partial charge in [0.2, 0.25) is 11.8 Å². The Morgan fingerprint density at radius 2 is 1.91 bits per heavy atom. The molecule has 2 aromatic carbocycles. The van der Waals surface area contributed by atoms with Crippen LogP contribution in [0.4, 0.5) is 8.78 Å². The highest BCUT2D eigenvalue weighted by atomic mass is 32.1. The van der Waals surface area contributed by atoms with Gasteiger partial charge in [-0.3, -0.25) is 19.3 Å². The quantitative estimate of drug-likeness (QED) is 0.448. The monoisotopic (exact) mass is 461 g/mol. The highest BCUT2D eigenvalue weighted by molar-refractivity contribution is 7.71. The molecule has 0 saturated carbocycles. The fraction of sp³-hybridized carbons (Fsp3) is 0.238. The number of nitrogens with one attached hydrogen (secondary N) is 3. The number of hydrogen-bond donors (Lipinski definition) is 3. The number of likely N-dealkylation sites (N-methyl/N-ethyl adjacent to an activating group) is 1. The number of aromatic nitrogens is 3. The van der Waals surface area contributed by atoms with Gasteiger partial charge in [-0.05, 0) is 54.2 Å². The smallest absolute Gasteiger partial charge is 0.246 e. The maximum atomic E-state index is 13.6. The molecule has 1 atom stereocenters. The van der Waals surface area contributed by atoms with Crippen LogP contribution in [0.15, 0.2) is 42.5 Å². The van der Waals surface area contributed by atoms with Crippen LogP contribution >= 0.6 is 12.2 Å². The van der Waals surface area contributed by atoms with Crippen molar-refractivity contribution >= 4 is 24.0 Å². The van der Waals surface area contributed by atoms with Gasteiger partial charge in [-0.15, -0.1) is 0 Å². The molecule has 0 fully saturated rings. The van der Waals surface area contributed by atoms with E-state index in [9.17, 15) is 18.4 Å². The lowest BCUT2D eigenvalue weighted by atomic mass is 10.1. The second kappa shape index (κ2) is 10.1. The minimum Gasteiger partial charge on any atom is -0.497 e. The van der Waals surface area contributed by atoms with E-state index < -0.39 is 29.5 Å². The van der Waals surface area contributed by atoms with Gasteiger partial charge in [0, 0.05) is 25.6 Å². The van der Waals surface area contributed by atoms with Crippen LogP contribution in [0, 0.1) is 16.4 Å².